The Morgan fingerprint density at radius 3 is 2.39 bits per heavy atom. The number of carbonyl (C=O) groups excluding carboxylic acids is 2. The summed E-state index contributed by atoms with van der Waals surface area (Å²) in [6.07, 6.45) is 0. The molecule has 2 saturated heterocycles. The first kappa shape index (κ1) is 15.9. The molecular formula is C9H12NNaO6S. The number of aliphatic carboxylic acids is 1. The van der Waals surface area contributed by atoms with E-state index in [9.17, 15) is 23.1 Å². The molecule has 0 aliphatic carbocycles. The molecule has 18 heavy (non-hydrogen) atoms. The summed E-state index contributed by atoms with van der Waals surface area (Å²) in [7, 11) is -3.83. The van der Waals surface area contributed by atoms with Crippen LogP contribution in [0.3, 0.4) is 0 Å². The van der Waals surface area contributed by atoms with Gasteiger partial charge in [-0.15, -0.1) is 0 Å². The number of carbonyl (C=O) groups is 2. The van der Waals surface area contributed by atoms with Gasteiger partial charge in [0.15, 0.2) is 9.84 Å². The molecule has 2 unspecified atom stereocenters. The Balaban J connectivity index is 0.00000162. The van der Waals surface area contributed by atoms with Crippen LogP contribution >= 0.6 is 0 Å². The van der Waals surface area contributed by atoms with Gasteiger partial charge in [-0.2, -0.15) is 0 Å². The molecule has 2 aliphatic rings. The monoisotopic (exact) mass is 285 g/mol. The number of aliphatic hydroxyl groups excluding tert-OH is 1. The number of hydrogen-bond donors (Lipinski definition) is 1. The first-order valence-corrected chi connectivity index (χ1v) is 6.60. The van der Waals surface area contributed by atoms with Gasteiger partial charge < -0.3 is 19.9 Å². The van der Waals surface area contributed by atoms with Crippen molar-refractivity contribution in [2.24, 2.45) is 5.92 Å². The van der Waals surface area contributed by atoms with Gasteiger partial charge in [-0.05, 0) is 13.8 Å². The molecule has 9 heteroatoms. The number of hydrogen-bond acceptors (Lipinski definition) is 6. The largest absolute Gasteiger partial charge is 1.00 e. The molecule has 1 amide bonds. The summed E-state index contributed by atoms with van der Waals surface area (Å²) in [6, 6.07) is -1.49. The summed E-state index contributed by atoms with van der Waals surface area (Å²) in [5.74, 6) is -3.30. The molecule has 7 nitrogen and oxygen atoms in total. The maximum absolute atomic E-state index is 12.1. The maximum Gasteiger partial charge on any atom is 1.00 e. The molecule has 0 bridgehead atoms. The van der Waals surface area contributed by atoms with Crippen LogP contribution in [0.4, 0.5) is 0 Å². The number of sulfone groups is 1. The van der Waals surface area contributed by atoms with E-state index in [-0.39, 0.29) is 29.6 Å². The Morgan fingerprint density at radius 1 is 1.50 bits per heavy atom. The fourth-order valence-corrected chi connectivity index (χ4v) is 4.86. The third kappa shape index (κ3) is 1.59. The van der Waals surface area contributed by atoms with Gasteiger partial charge in [-0.25, -0.2) is 8.42 Å². The van der Waals surface area contributed by atoms with Crippen LogP contribution in [-0.2, 0) is 19.4 Å². The van der Waals surface area contributed by atoms with Crippen molar-refractivity contribution in [3.63, 3.8) is 0 Å². The summed E-state index contributed by atoms with van der Waals surface area (Å²) in [4.78, 5) is 23.4. The van der Waals surface area contributed by atoms with Crippen molar-refractivity contribution >= 4 is 21.7 Å². The van der Waals surface area contributed by atoms with Crippen LogP contribution < -0.4 is 34.7 Å². The standard InChI is InChI=1S/C9H13NO6S.Na/c1-9(2)5(8(13)14)10-6(12)4(3-11)7(10)17(9,15)16;/h4-5,7,11H,3H2,1-2H3,(H,13,14);/q;+1/p-1/t4?,5-,7?;/m0./s1. The van der Waals surface area contributed by atoms with E-state index in [1.165, 1.54) is 13.8 Å². The van der Waals surface area contributed by atoms with Crippen molar-refractivity contribution in [3.8, 4) is 0 Å². The molecule has 0 saturated carbocycles. The Morgan fingerprint density at radius 2 is 2.00 bits per heavy atom. The van der Waals surface area contributed by atoms with Gasteiger partial charge in [0.1, 0.15) is 5.37 Å². The van der Waals surface area contributed by atoms with E-state index in [1.807, 2.05) is 0 Å². The smallest absolute Gasteiger partial charge is 0.548 e. The number of carboxylic acid groups (broad SMARTS) is 1. The first-order valence-electron chi connectivity index (χ1n) is 5.05. The van der Waals surface area contributed by atoms with Gasteiger partial charge in [-0.1, -0.05) is 0 Å². The normalized spacial score (nSPS) is 35.4. The second-order valence-corrected chi connectivity index (χ2v) is 7.42. The number of nitrogens with zero attached hydrogens (tertiary/aromatic N) is 1. The molecule has 0 aromatic carbocycles. The van der Waals surface area contributed by atoms with Crippen LogP contribution in [0.1, 0.15) is 13.8 Å². The van der Waals surface area contributed by atoms with E-state index in [2.05, 4.69) is 0 Å². The van der Waals surface area contributed by atoms with Crippen LogP contribution in [0.25, 0.3) is 0 Å². The molecule has 96 valence electrons. The van der Waals surface area contributed by atoms with Crippen molar-refractivity contribution in [1.82, 2.24) is 4.90 Å². The molecule has 0 radical (unpaired) electrons. The van der Waals surface area contributed by atoms with E-state index < -0.39 is 50.4 Å². The number of fused-ring (bicyclic) bond motifs is 1. The third-order valence-electron chi connectivity index (χ3n) is 3.60. The zero-order valence-electron chi connectivity index (χ0n) is 10.3. The number of aliphatic hydroxyl groups is 1. The van der Waals surface area contributed by atoms with Crippen LogP contribution in [0, 0.1) is 5.92 Å². The fourth-order valence-electron chi connectivity index (χ4n) is 2.56. The minimum absolute atomic E-state index is 0. The van der Waals surface area contributed by atoms with Gasteiger partial charge in [0.2, 0.25) is 5.91 Å². The molecule has 3 atom stereocenters. The minimum Gasteiger partial charge on any atom is -0.548 e. The van der Waals surface area contributed by atoms with E-state index in [1.54, 1.807) is 0 Å². The first-order chi connectivity index (χ1) is 7.67. The Kier molecular flexibility index (Phi) is 3.93. The molecule has 2 heterocycles. The number of carboxylic acids is 1. The zero-order valence-corrected chi connectivity index (χ0v) is 13.1. The molecule has 2 rings (SSSR count). The third-order valence-corrected chi connectivity index (χ3v) is 6.48. The van der Waals surface area contributed by atoms with Crippen LogP contribution in [0.15, 0.2) is 0 Å². The summed E-state index contributed by atoms with van der Waals surface area (Å²) in [6.45, 7) is 1.90. The molecule has 1 N–H and O–H groups in total. The fraction of sp³-hybridized carbons (Fsp3) is 0.778. The van der Waals surface area contributed by atoms with E-state index in [4.69, 9.17) is 5.11 Å². The van der Waals surface area contributed by atoms with Gasteiger partial charge in [-0.3, -0.25) is 4.79 Å². The molecule has 0 spiro atoms. The summed E-state index contributed by atoms with van der Waals surface area (Å²) >= 11 is 0. The van der Waals surface area contributed by atoms with Crippen LogP contribution in [0.2, 0.25) is 0 Å². The topological polar surface area (TPSA) is 115 Å². The number of rotatable bonds is 2. The van der Waals surface area contributed by atoms with Gasteiger partial charge in [0.05, 0.1) is 29.3 Å². The zero-order chi connectivity index (χ0) is 13.2. The SMILES string of the molecule is CC1(C)[C@H](C(=O)[O-])N2C(=O)C(CO)C2S1(=O)=O.[Na+]. The Labute approximate surface area is 126 Å². The molecule has 2 fully saturated rings. The molecule has 2 aliphatic heterocycles. The molecule has 0 aromatic heterocycles. The molecular weight excluding hydrogens is 273 g/mol. The van der Waals surface area contributed by atoms with E-state index >= 15 is 0 Å². The quantitative estimate of drug-likeness (QED) is 0.399. The number of β-lactam (4-membered cyclic amide) rings is 1. The summed E-state index contributed by atoms with van der Waals surface area (Å²) in [5.41, 5.74) is 0. The molecule has 0 aromatic rings. The van der Waals surface area contributed by atoms with E-state index in [0.717, 1.165) is 4.90 Å². The minimum atomic E-state index is -3.83. The van der Waals surface area contributed by atoms with Gasteiger partial charge in [0, 0.05) is 0 Å². The van der Waals surface area contributed by atoms with Crippen molar-refractivity contribution in [3.05, 3.63) is 0 Å². The van der Waals surface area contributed by atoms with Crippen molar-refractivity contribution < 1.29 is 57.8 Å². The van der Waals surface area contributed by atoms with Gasteiger partial charge >= 0.3 is 29.6 Å². The van der Waals surface area contributed by atoms with Crippen molar-refractivity contribution in [2.45, 2.75) is 30.0 Å². The van der Waals surface area contributed by atoms with Crippen molar-refractivity contribution in [1.29, 1.82) is 0 Å². The Bertz CT molecular complexity index is 501. The summed E-state index contributed by atoms with van der Waals surface area (Å²) in [5, 5.41) is 18.7. The average Bonchev–Trinajstić information content (AvgIpc) is 2.32. The number of amides is 1. The van der Waals surface area contributed by atoms with Crippen molar-refractivity contribution in [2.75, 3.05) is 6.61 Å². The van der Waals surface area contributed by atoms with Crippen LogP contribution in [-0.4, -0.2) is 53.1 Å². The summed E-state index contributed by atoms with van der Waals surface area (Å²) < 4.78 is 22.6. The maximum atomic E-state index is 12.1. The van der Waals surface area contributed by atoms with Crippen LogP contribution in [0.5, 0.6) is 0 Å². The predicted molar refractivity (Wildman–Crippen MR) is 53.0 cm³/mol. The van der Waals surface area contributed by atoms with Gasteiger partial charge in [0.25, 0.3) is 0 Å². The Hall–Kier alpha value is -0.150. The second kappa shape index (κ2) is 4.45. The predicted octanol–water partition coefficient (Wildman–Crippen LogP) is -5.91. The van der Waals surface area contributed by atoms with E-state index in [0.29, 0.717) is 0 Å². The average molecular weight is 285 g/mol. The second-order valence-electron chi connectivity index (χ2n) is 4.80.